The predicted molar refractivity (Wildman–Crippen MR) is 110 cm³/mol. The molecule has 5 nitrogen and oxygen atoms in total. The van der Waals surface area contributed by atoms with Gasteiger partial charge in [-0.05, 0) is 35.7 Å². The lowest BCUT2D eigenvalue weighted by Crippen LogP contribution is -2.33. The molecule has 0 spiro atoms. The molecule has 0 aliphatic heterocycles. The number of aliphatic imine (C=N–C) groups is 1. The highest BCUT2D eigenvalue weighted by molar-refractivity contribution is 7.14. The van der Waals surface area contributed by atoms with Crippen molar-refractivity contribution in [1.82, 2.24) is 9.36 Å². The van der Waals surface area contributed by atoms with Crippen LogP contribution in [0.3, 0.4) is 0 Å². The van der Waals surface area contributed by atoms with Gasteiger partial charge in [-0.25, -0.2) is 4.99 Å². The van der Waals surface area contributed by atoms with Crippen LogP contribution in [0.25, 0.3) is 10.7 Å². The van der Waals surface area contributed by atoms with E-state index in [-0.39, 0.29) is 0 Å². The molecule has 0 unspecified atom stereocenters. The Morgan fingerprint density at radius 2 is 1.65 bits per heavy atom. The number of benzene rings is 2. The number of anilines is 2. The van der Waals surface area contributed by atoms with Crippen molar-refractivity contribution >= 4 is 45.3 Å². The van der Waals surface area contributed by atoms with Crippen LogP contribution in [0.1, 0.15) is 0 Å². The summed E-state index contributed by atoms with van der Waals surface area (Å²) >= 11 is 2.91. The fourth-order valence-electron chi connectivity index (χ4n) is 2.41. The van der Waals surface area contributed by atoms with Crippen LogP contribution in [0.5, 0.6) is 0 Å². The van der Waals surface area contributed by atoms with E-state index in [4.69, 9.17) is 5.73 Å². The summed E-state index contributed by atoms with van der Waals surface area (Å²) in [5.74, 6) is 1.05. The molecule has 0 atom stereocenters. The Morgan fingerprint density at radius 3 is 2.35 bits per heavy atom. The summed E-state index contributed by atoms with van der Waals surface area (Å²) < 4.78 is 4.48. The highest BCUT2D eigenvalue weighted by Gasteiger charge is 2.19. The lowest BCUT2D eigenvalue weighted by molar-refractivity contribution is 1.23. The second kappa shape index (κ2) is 7.47. The highest BCUT2D eigenvalue weighted by atomic mass is 32.1. The first-order valence-electron chi connectivity index (χ1n) is 7.93. The molecule has 0 bridgehead atoms. The fourth-order valence-corrected chi connectivity index (χ4v) is 3.85. The van der Waals surface area contributed by atoms with Crippen molar-refractivity contribution in [2.45, 2.75) is 0 Å². The number of rotatable bonds is 4. The number of nitrogens with zero attached hydrogens (tertiary/aromatic N) is 4. The van der Waals surface area contributed by atoms with Crippen LogP contribution in [-0.2, 0) is 0 Å². The first kappa shape index (κ1) is 16.4. The second-order valence-corrected chi connectivity index (χ2v) is 7.03. The summed E-state index contributed by atoms with van der Waals surface area (Å²) in [7, 11) is 0. The molecule has 0 aliphatic rings. The standard InChI is InChI=1S/C19H15N5S2/c20-18(21-14-8-3-1-4-9-14)24(15-10-5-2-6-11-15)19-22-17(23-26-19)16-12-7-13-25-16/h1-13H,(H2,20,21). The highest BCUT2D eigenvalue weighted by Crippen LogP contribution is 2.31. The third-order valence-electron chi connectivity index (χ3n) is 3.59. The number of aromatic nitrogens is 2. The van der Waals surface area contributed by atoms with E-state index < -0.39 is 0 Å². The number of guanidine groups is 1. The van der Waals surface area contributed by atoms with Gasteiger partial charge in [-0.15, -0.1) is 11.3 Å². The van der Waals surface area contributed by atoms with Gasteiger partial charge >= 0.3 is 0 Å². The van der Waals surface area contributed by atoms with Gasteiger partial charge in [0, 0.05) is 11.5 Å². The van der Waals surface area contributed by atoms with Crippen molar-refractivity contribution in [1.29, 1.82) is 0 Å². The van der Waals surface area contributed by atoms with Gasteiger partial charge in [-0.3, -0.25) is 4.90 Å². The number of nitrogens with two attached hydrogens (primary N) is 1. The van der Waals surface area contributed by atoms with Crippen molar-refractivity contribution in [3.8, 4) is 10.7 Å². The van der Waals surface area contributed by atoms with Crippen molar-refractivity contribution < 1.29 is 0 Å². The van der Waals surface area contributed by atoms with E-state index in [0.717, 1.165) is 16.3 Å². The molecule has 2 heterocycles. The molecule has 2 aromatic heterocycles. The van der Waals surface area contributed by atoms with Gasteiger partial charge in [0.25, 0.3) is 0 Å². The van der Waals surface area contributed by atoms with Crippen LogP contribution in [-0.4, -0.2) is 15.3 Å². The zero-order valence-corrected chi connectivity index (χ0v) is 15.3. The molecule has 2 N–H and O–H groups in total. The van der Waals surface area contributed by atoms with Crippen molar-refractivity contribution in [3.63, 3.8) is 0 Å². The number of thiophene rings is 1. The molecular weight excluding hydrogens is 362 g/mol. The summed E-state index contributed by atoms with van der Waals surface area (Å²) in [5.41, 5.74) is 8.03. The normalized spacial score (nSPS) is 11.5. The van der Waals surface area contributed by atoms with Crippen LogP contribution in [0.15, 0.2) is 83.2 Å². The molecule has 26 heavy (non-hydrogen) atoms. The van der Waals surface area contributed by atoms with Crippen LogP contribution >= 0.6 is 22.9 Å². The molecule has 2 aromatic carbocycles. The average molecular weight is 377 g/mol. The molecule has 0 saturated heterocycles. The Balaban J connectivity index is 1.76. The molecule has 0 radical (unpaired) electrons. The maximum absolute atomic E-state index is 6.36. The first-order valence-corrected chi connectivity index (χ1v) is 9.58. The minimum Gasteiger partial charge on any atom is -0.369 e. The van der Waals surface area contributed by atoms with Crippen molar-refractivity contribution in [2.75, 3.05) is 4.90 Å². The van der Waals surface area contributed by atoms with E-state index in [1.54, 1.807) is 11.3 Å². The third kappa shape index (κ3) is 3.49. The van der Waals surface area contributed by atoms with Crippen molar-refractivity contribution in [3.05, 3.63) is 78.2 Å². The molecule has 0 saturated carbocycles. The van der Waals surface area contributed by atoms with Gasteiger partial charge in [-0.2, -0.15) is 9.36 Å². The summed E-state index contributed by atoms with van der Waals surface area (Å²) in [6, 6.07) is 23.4. The molecule has 0 aliphatic carbocycles. The minimum absolute atomic E-state index is 0.344. The van der Waals surface area contributed by atoms with E-state index in [2.05, 4.69) is 14.3 Å². The lowest BCUT2D eigenvalue weighted by Gasteiger charge is -2.20. The Kier molecular flexibility index (Phi) is 4.72. The zero-order valence-electron chi connectivity index (χ0n) is 13.7. The molecule has 0 fully saturated rings. The topological polar surface area (TPSA) is 67.4 Å². The van der Waals surface area contributed by atoms with E-state index in [1.807, 2.05) is 83.1 Å². The minimum atomic E-state index is 0.344. The smallest absolute Gasteiger partial charge is 0.217 e. The molecule has 0 amide bonds. The monoisotopic (exact) mass is 377 g/mol. The van der Waals surface area contributed by atoms with Crippen LogP contribution in [0.2, 0.25) is 0 Å². The van der Waals surface area contributed by atoms with Gasteiger partial charge in [-0.1, -0.05) is 42.5 Å². The maximum atomic E-state index is 6.36. The van der Waals surface area contributed by atoms with Crippen molar-refractivity contribution in [2.24, 2.45) is 10.7 Å². The lowest BCUT2D eigenvalue weighted by atomic mass is 10.3. The number of hydrogen-bond acceptors (Lipinski definition) is 5. The third-order valence-corrected chi connectivity index (χ3v) is 5.16. The molecular formula is C19H15N5S2. The van der Waals surface area contributed by atoms with E-state index >= 15 is 0 Å². The second-order valence-electron chi connectivity index (χ2n) is 5.35. The SMILES string of the molecule is NC(=Nc1ccccc1)N(c1ccccc1)c1nc(-c2cccs2)ns1. The van der Waals surface area contributed by atoms with Gasteiger partial charge in [0.2, 0.25) is 11.1 Å². The van der Waals surface area contributed by atoms with Gasteiger partial charge in [0.1, 0.15) is 0 Å². The maximum Gasteiger partial charge on any atom is 0.217 e. The molecule has 7 heteroatoms. The van der Waals surface area contributed by atoms with Gasteiger partial charge < -0.3 is 5.73 Å². The van der Waals surface area contributed by atoms with E-state index in [9.17, 15) is 0 Å². The molecule has 128 valence electrons. The Labute approximate surface area is 159 Å². The van der Waals surface area contributed by atoms with E-state index in [0.29, 0.717) is 16.9 Å². The number of para-hydroxylation sites is 2. The Morgan fingerprint density at radius 1 is 0.923 bits per heavy atom. The Hall–Kier alpha value is -3.03. The van der Waals surface area contributed by atoms with Crippen LogP contribution < -0.4 is 10.6 Å². The summed E-state index contributed by atoms with van der Waals surface area (Å²) in [6.45, 7) is 0. The predicted octanol–water partition coefficient (Wildman–Crippen LogP) is 5.05. The first-order chi connectivity index (χ1) is 12.8. The zero-order chi connectivity index (χ0) is 17.8. The number of hydrogen-bond donors (Lipinski definition) is 1. The molecule has 4 rings (SSSR count). The van der Waals surface area contributed by atoms with Gasteiger partial charge in [0.15, 0.2) is 5.82 Å². The summed E-state index contributed by atoms with van der Waals surface area (Å²) in [6.07, 6.45) is 0. The van der Waals surface area contributed by atoms with Gasteiger partial charge in [0.05, 0.1) is 16.3 Å². The van der Waals surface area contributed by atoms with Crippen LogP contribution in [0, 0.1) is 0 Å². The largest absolute Gasteiger partial charge is 0.369 e. The average Bonchev–Trinajstić information content (AvgIpc) is 3.35. The Bertz CT molecular complexity index is 995. The summed E-state index contributed by atoms with van der Waals surface area (Å²) in [4.78, 5) is 12.1. The van der Waals surface area contributed by atoms with Crippen LogP contribution in [0.4, 0.5) is 16.5 Å². The molecule has 4 aromatic rings. The fraction of sp³-hybridized carbons (Fsp3) is 0. The summed E-state index contributed by atoms with van der Waals surface area (Å²) in [5, 5.41) is 2.69. The quantitative estimate of drug-likeness (QED) is 0.399. The van der Waals surface area contributed by atoms with E-state index in [1.165, 1.54) is 11.5 Å².